The molecule has 0 fully saturated rings. The Bertz CT molecular complexity index is 472. The van der Waals surface area contributed by atoms with Gasteiger partial charge in [0, 0.05) is 11.6 Å². The molecule has 4 nitrogen and oxygen atoms in total. The van der Waals surface area contributed by atoms with E-state index in [2.05, 4.69) is 0 Å². The molecule has 0 saturated carbocycles. The summed E-state index contributed by atoms with van der Waals surface area (Å²) in [6.45, 7) is 0.453. The number of hydrogen-bond acceptors (Lipinski definition) is 4. The topological polar surface area (TPSA) is 63.4 Å². The summed E-state index contributed by atoms with van der Waals surface area (Å²) in [5.74, 6) is 0.0323. The normalized spacial score (nSPS) is 12.0. The highest BCUT2D eigenvalue weighted by Crippen LogP contribution is 2.23. The van der Waals surface area contributed by atoms with Crippen LogP contribution in [0.25, 0.3) is 0 Å². The van der Waals surface area contributed by atoms with E-state index in [0.29, 0.717) is 11.6 Å². The number of benzene rings is 1. The van der Waals surface area contributed by atoms with Crippen molar-refractivity contribution in [3.8, 4) is 0 Å². The van der Waals surface area contributed by atoms with Crippen LogP contribution < -0.4 is 5.73 Å². The van der Waals surface area contributed by atoms with Crippen LogP contribution in [0, 0.1) is 0 Å². The summed E-state index contributed by atoms with van der Waals surface area (Å²) in [5, 5.41) is 0.373. The van der Waals surface area contributed by atoms with E-state index in [1.165, 1.54) is 12.1 Å². The van der Waals surface area contributed by atoms with Gasteiger partial charge >= 0.3 is 0 Å². The van der Waals surface area contributed by atoms with E-state index in [4.69, 9.17) is 17.3 Å². The minimum absolute atomic E-state index is 0.0323. The predicted molar refractivity (Wildman–Crippen MR) is 66.5 cm³/mol. The first-order valence-electron chi connectivity index (χ1n) is 4.75. The van der Waals surface area contributed by atoms with Crippen molar-refractivity contribution in [3.05, 3.63) is 23.2 Å². The Kier molecular flexibility index (Phi) is 4.18. The molecule has 0 aliphatic carbocycles. The SMILES string of the molecule is CN(C)CCS(=O)(=O)c1cc(Cl)ccc1N. The zero-order valence-corrected chi connectivity index (χ0v) is 10.8. The number of halogens is 1. The summed E-state index contributed by atoms with van der Waals surface area (Å²) in [4.78, 5) is 1.92. The molecule has 1 aromatic carbocycles. The Morgan fingerprint density at radius 3 is 2.56 bits per heavy atom. The zero-order chi connectivity index (χ0) is 12.3. The van der Waals surface area contributed by atoms with Crippen molar-refractivity contribution in [1.82, 2.24) is 4.90 Å². The zero-order valence-electron chi connectivity index (χ0n) is 9.27. The second-order valence-electron chi connectivity index (χ2n) is 3.80. The Balaban J connectivity index is 3.02. The van der Waals surface area contributed by atoms with Gasteiger partial charge in [-0.1, -0.05) is 11.6 Å². The van der Waals surface area contributed by atoms with Gasteiger partial charge < -0.3 is 10.6 Å². The molecule has 0 amide bonds. The van der Waals surface area contributed by atoms with Gasteiger partial charge in [0.2, 0.25) is 0 Å². The summed E-state index contributed by atoms with van der Waals surface area (Å²) in [6.07, 6.45) is 0. The summed E-state index contributed by atoms with van der Waals surface area (Å²) < 4.78 is 23.9. The van der Waals surface area contributed by atoms with Crippen molar-refractivity contribution in [3.63, 3.8) is 0 Å². The molecule has 0 bridgehead atoms. The second kappa shape index (κ2) is 5.03. The van der Waals surface area contributed by atoms with Gasteiger partial charge in [0.25, 0.3) is 0 Å². The van der Waals surface area contributed by atoms with E-state index in [1.807, 2.05) is 14.1 Å². The minimum atomic E-state index is -3.36. The molecule has 0 atom stereocenters. The molecule has 6 heteroatoms. The highest BCUT2D eigenvalue weighted by atomic mass is 35.5. The first kappa shape index (κ1) is 13.3. The van der Waals surface area contributed by atoms with Gasteiger partial charge in [-0.2, -0.15) is 0 Å². The van der Waals surface area contributed by atoms with Crippen LogP contribution in [0.5, 0.6) is 0 Å². The number of nitrogen functional groups attached to an aromatic ring is 1. The lowest BCUT2D eigenvalue weighted by molar-refractivity contribution is 0.432. The first-order chi connectivity index (χ1) is 7.33. The highest BCUT2D eigenvalue weighted by molar-refractivity contribution is 7.91. The highest BCUT2D eigenvalue weighted by Gasteiger charge is 2.18. The Labute approximate surface area is 101 Å². The van der Waals surface area contributed by atoms with E-state index in [9.17, 15) is 8.42 Å². The molecule has 0 radical (unpaired) electrons. The van der Waals surface area contributed by atoms with E-state index in [-0.39, 0.29) is 16.3 Å². The van der Waals surface area contributed by atoms with Gasteiger partial charge in [-0.25, -0.2) is 8.42 Å². The lowest BCUT2D eigenvalue weighted by Crippen LogP contribution is -2.22. The molecule has 0 unspecified atom stereocenters. The molecule has 0 spiro atoms. The average Bonchev–Trinajstić information content (AvgIpc) is 2.19. The van der Waals surface area contributed by atoms with Crippen LogP contribution in [0.4, 0.5) is 5.69 Å². The van der Waals surface area contributed by atoms with Crippen molar-refractivity contribution in [2.75, 3.05) is 32.1 Å². The predicted octanol–water partition coefficient (Wildman–Crippen LogP) is 1.26. The van der Waals surface area contributed by atoms with Gasteiger partial charge in [-0.3, -0.25) is 0 Å². The van der Waals surface area contributed by atoms with E-state index in [0.717, 1.165) is 0 Å². The van der Waals surface area contributed by atoms with Crippen molar-refractivity contribution in [2.45, 2.75) is 4.90 Å². The summed E-state index contributed by atoms with van der Waals surface area (Å²) in [7, 11) is 0.273. The number of rotatable bonds is 4. The minimum Gasteiger partial charge on any atom is -0.398 e. The number of hydrogen-bond donors (Lipinski definition) is 1. The third-order valence-corrected chi connectivity index (χ3v) is 4.10. The lowest BCUT2D eigenvalue weighted by atomic mass is 10.3. The van der Waals surface area contributed by atoms with Crippen molar-refractivity contribution >= 4 is 27.1 Å². The Morgan fingerprint density at radius 1 is 1.38 bits per heavy atom. The maximum Gasteiger partial charge on any atom is 0.181 e. The largest absolute Gasteiger partial charge is 0.398 e. The fourth-order valence-corrected chi connectivity index (χ4v) is 2.99. The molecular weight excluding hydrogens is 248 g/mol. The quantitative estimate of drug-likeness (QED) is 0.830. The van der Waals surface area contributed by atoms with E-state index >= 15 is 0 Å². The molecule has 0 aliphatic rings. The summed E-state index contributed by atoms with van der Waals surface area (Å²) in [6, 6.07) is 4.47. The molecule has 0 aromatic heterocycles. The Hall–Kier alpha value is -0.780. The molecule has 1 rings (SSSR count). The van der Waals surface area contributed by atoms with Crippen LogP contribution in [0.15, 0.2) is 23.1 Å². The standard InChI is InChI=1S/C10H15ClN2O2S/c1-13(2)5-6-16(14,15)10-7-8(11)3-4-9(10)12/h3-4,7H,5-6,12H2,1-2H3. The fourth-order valence-electron chi connectivity index (χ4n) is 1.19. The lowest BCUT2D eigenvalue weighted by Gasteiger charge is -2.11. The maximum atomic E-state index is 11.9. The molecule has 2 N–H and O–H groups in total. The Morgan fingerprint density at radius 2 is 2.00 bits per heavy atom. The van der Waals surface area contributed by atoms with Crippen LogP contribution in [-0.2, 0) is 9.84 Å². The third kappa shape index (κ3) is 3.37. The van der Waals surface area contributed by atoms with Gasteiger partial charge in [0.15, 0.2) is 9.84 Å². The van der Waals surface area contributed by atoms with E-state index in [1.54, 1.807) is 11.0 Å². The van der Waals surface area contributed by atoms with Gasteiger partial charge in [-0.05, 0) is 32.3 Å². The molecule has 90 valence electrons. The van der Waals surface area contributed by atoms with Crippen LogP contribution in [-0.4, -0.2) is 39.7 Å². The maximum absolute atomic E-state index is 11.9. The van der Waals surface area contributed by atoms with Crippen molar-refractivity contribution in [1.29, 1.82) is 0 Å². The summed E-state index contributed by atoms with van der Waals surface area (Å²) >= 11 is 5.76. The second-order valence-corrected chi connectivity index (χ2v) is 6.32. The number of anilines is 1. The molecule has 0 saturated heterocycles. The van der Waals surface area contributed by atoms with Crippen LogP contribution in [0.2, 0.25) is 5.02 Å². The third-order valence-electron chi connectivity index (χ3n) is 2.12. The first-order valence-corrected chi connectivity index (χ1v) is 6.78. The molecule has 0 aliphatic heterocycles. The smallest absolute Gasteiger partial charge is 0.181 e. The van der Waals surface area contributed by atoms with Crippen LogP contribution >= 0.6 is 11.6 Å². The number of sulfone groups is 1. The van der Waals surface area contributed by atoms with Crippen LogP contribution in [0.3, 0.4) is 0 Å². The van der Waals surface area contributed by atoms with Gasteiger partial charge in [-0.15, -0.1) is 0 Å². The van der Waals surface area contributed by atoms with Gasteiger partial charge in [0.1, 0.15) is 0 Å². The summed E-state index contributed by atoms with van der Waals surface area (Å²) in [5.41, 5.74) is 5.87. The van der Waals surface area contributed by atoms with Crippen molar-refractivity contribution < 1.29 is 8.42 Å². The molecule has 16 heavy (non-hydrogen) atoms. The molecule has 1 aromatic rings. The number of nitrogens with zero attached hydrogens (tertiary/aromatic N) is 1. The molecular formula is C10H15ClN2O2S. The van der Waals surface area contributed by atoms with E-state index < -0.39 is 9.84 Å². The van der Waals surface area contributed by atoms with Gasteiger partial charge in [0.05, 0.1) is 16.3 Å². The number of nitrogens with two attached hydrogens (primary N) is 1. The average molecular weight is 263 g/mol. The monoisotopic (exact) mass is 262 g/mol. The fraction of sp³-hybridized carbons (Fsp3) is 0.400. The van der Waals surface area contributed by atoms with Crippen molar-refractivity contribution in [2.24, 2.45) is 0 Å². The van der Waals surface area contributed by atoms with Crippen LogP contribution in [0.1, 0.15) is 0 Å². The molecule has 0 heterocycles.